The highest BCUT2D eigenvalue weighted by molar-refractivity contribution is 7.88. The van der Waals surface area contributed by atoms with Crippen LogP contribution in [0.15, 0.2) is 54.6 Å². The molecular formula is C17H19NO4S. The van der Waals surface area contributed by atoms with E-state index in [4.69, 9.17) is 4.74 Å². The molecular weight excluding hydrogens is 314 g/mol. The summed E-state index contributed by atoms with van der Waals surface area (Å²) < 4.78 is 31.5. The molecule has 6 heteroatoms. The van der Waals surface area contributed by atoms with Gasteiger partial charge in [0.25, 0.3) is 0 Å². The van der Waals surface area contributed by atoms with Gasteiger partial charge in [-0.05, 0) is 30.2 Å². The highest BCUT2D eigenvalue weighted by Crippen LogP contribution is 2.08. The molecule has 0 aromatic heterocycles. The van der Waals surface area contributed by atoms with E-state index >= 15 is 0 Å². The molecule has 2 rings (SSSR count). The molecule has 0 saturated heterocycles. The lowest BCUT2D eigenvalue weighted by molar-refractivity contribution is 0.0526. The monoisotopic (exact) mass is 333 g/mol. The minimum atomic E-state index is -3.41. The lowest BCUT2D eigenvalue weighted by Gasteiger charge is -2.08. The number of ether oxygens (including phenoxy) is 1. The molecule has 1 N–H and O–H groups in total. The van der Waals surface area contributed by atoms with Crippen LogP contribution >= 0.6 is 0 Å². The second-order valence-corrected chi connectivity index (χ2v) is 6.79. The van der Waals surface area contributed by atoms with Crippen LogP contribution in [0.5, 0.6) is 0 Å². The molecule has 122 valence electrons. The molecule has 0 heterocycles. The van der Waals surface area contributed by atoms with Gasteiger partial charge in [0.05, 0.1) is 17.9 Å². The zero-order valence-electron chi connectivity index (χ0n) is 12.9. The smallest absolute Gasteiger partial charge is 0.338 e. The van der Waals surface area contributed by atoms with Gasteiger partial charge < -0.3 is 4.74 Å². The van der Waals surface area contributed by atoms with Crippen molar-refractivity contribution in [3.8, 4) is 0 Å². The van der Waals surface area contributed by atoms with Crippen LogP contribution in [-0.2, 0) is 27.1 Å². The minimum Gasteiger partial charge on any atom is -0.462 e. The molecule has 0 atom stereocenters. The zero-order chi connectivity index (χ0) is 16.7. The average molecular weight is 333 g/mol. The minimum absolute atomic E-state index is 0.0608. The second-order valence-electron chi connectivity index (χ2n) is 4.98. The number of hydrogen-bond acceptors (Lipinski definition) is 4. The largest absolute Gasteiger partial charge is 0.462 e. The molecule has 0 aliphatic carbocycles. The lowest BCUT2D eigenvalue weighted by Crippen LogP contribution is -2.24. The first-order valence-corrected chi connectivity index (χ1v) is 8.93. The van der Waals surface area contributed by atoms with Crippen molar-refractivity contribution in [2.75, 3.05) is 6.61 Å². The molecule has 0 aliphatic rings. The van der Waals surface area contributed by atoms with Crippen molar-refractivity contribution in [3.05, 3.63) is 71.3 Å². The predicted molar refractivity (Wildman–Crippen MR) is 88.3 cm³/mol. The molecule has 0 fully saturated rings. The number of rotatable bonds is 7. The van der Waals surface area contributed by atoms with Crippen LogP contribution in [0.2, 0.25) is 0 Å². The Balaban J connectivity index is 1.93. The van der Waals surface area contributed by atoms with E-state index in [0.29, 0.717) is 12.2 Å². The van der Waals surface area contributed by atoms with E-state index in [1.807, 2.05) is 6.07 Å². The Morgan fingerprint density at radius 3 is 2.26 bits per heavy atom. The molecule has 0 aliphatic heterocycles. The number of hydrogen-bond donors (Lipinski definition) is 1. The van der Waals surface area contributed by atoms with Crippen molar-refractivity contribution in [3.63, 3.8) is 0 Å². The summed E-state index contributed by atoms with van der Waals surface area (Å²) in [4.78, 5) is 11.5. The summed E-state index contributed by atoms with van der Waals surface area (Å²) in [6.07, 6.45) is 0. The van der Waals surface area contributed by atoms with E-state index in [-0.39, 0.29) is 18.3 Å². The maximum Gasteiger partial charge on any atom is 0.338 e. The molecule has 0 bridgehead atoms. The van der Waals surface area contributed by atoms with E-state index in [1.165, 1.54) is 0 Å². The van der Waals surface area contributed by atoms with Crippen LogP contribution in [-0.4, -0.2) is 21.0 Å². The van der Waals surface area contributed by atoms with Gasteiger partial charge in [-0.3, -0.25) is 0 Å². The lowest BCUT2D eigenvalue weighted by atomic mass is 10.1. The van der Waals surface area contributed by atoms with Gasteiger partial charge in [-0.15, -0.1) is 0 Å². The first kappa shape index (κ1) is 17.2. The number of sulfonamides is 1. The first-order valence-electron chi connectivity index (χ1n) is 7.27. The first-order chi connectivity index (χ1) is 11.0. The van der Waals surface area contributed by atoms with Crippen molar-refractivity contribution in [2.24, 2.45) is 0 Å². The summed E-state index contributed by atoms with van der Waals surface area (Å²) in [5.41, 5.74) is 1.95. The van der Waals surface area contributed by atoms with E-state index in [1.54, 1.807) is 55.5 Å². The molecule has 2 aromatic carbocycles. The summed E-state index contributed by atoms with van der Waals surface area (Å²) in [6, 6.07) is 15.7. The molecule has 0 saturated carbocycles. The van der Waals surface area contributed by atoms with Gasteiger partial charge in [0.2, 0.25) is 10.0 Å². The summed E-state index contributed by atoms with van der Waals surface area (Å²) in [5, 5.41) is 0. The number of nitrogens with one attached hydrogen (secondary N) is 1. The molecule has 0 amide bonds. The Bertz CT molecular complexity index is 740. The number of carbonyl (C=O) groups excluding carboxylic acids is 1. The second kappa shape index (κ2) is 7.89. The topological polar surface area (TPSA) is 72.5 Å². The standard InChI is InChI=1S/C17H19NO4S/c1-2-22-17(19)16-10-8-14(9-11-16)12-18-23(20,21)13-15-6-4-3-5-7-15/h3-11,18H,2,12-13H2,1H3. The Morgan fingerprint density at radius 1 is 1.00 bits per heavy atom. The molecule has 0 radical (unpaired) electrons. The molecule has 0 unspecified atom stereocenters. The van der Waals surface area contributed by atoms with Crippen LogP contribution in [0.4, 0.5) is 0 Å². The molecule has 23 heavy (non-hydrogen) atoms. The normalized spacial score (nSPS) is 11.2. The van der Waals surface area contributed by atoms with Gasteiger partial charge in [-0.25, -0.2) is 17.9 Å². The Labute approximate surface area is 136 Å². The quantitative estimate of drug-likeness (QED) is 0.790. The SMILES string of the molecule is CCOC(=O)c1ccc(CNS(=O)(=O)Cc2ccccc2)cc1. The Morgan fingerprint density at radius 2 is 1.65 bits per heavy atom. The summed E-state index contributed by atoms with van der Waals surface area (Å²) in [6.45, 7) is 2.24. The van der Waals surface area contributed by atoms with Gasteiger partial charge in [0.1, 0.15) is 0 Å². The van der Waals surface area contributed by atoms with Gasteiger partial charge in [0, 0.05) is 6.54 Å². The summed E-state index contributed by atoms with van der Waals surface area (Å²) in [7, 11) is -3.41. The van der Waals surface area contributed by atoms with Crippen LogP contribution in [0, 0.1) is 0 Å². The van der Waals surface area contributed by atoms with Crippen LogP contribution in [0.3, 0.4) is 0 Å². The fourth-order valence-electron chi connectivity index (χ4n) is 2.01. The van der Waals surface area contributed by atoms with Crippen LogP contribution in [0.1, 0.15) is 28.4 Å². The highest BCUT2D eigenvalue weighted by Gasteiger charge is 2.11. The maximum atomic E-state index is 12.0. The van der Waals surface area contributed by atoms with Gasteiger partial charge >= 0.3 is 5.97 Å². The third-order valence-electron chi connectivity index (χ3n) is 3.16. The van der Waals surface area contributed by atoms with E-state index in [0.717, 1.165) is 11.1 Å². The van der Waals surface area contributed by atoms with Gasteiger partial charge in [-0.2, -0.15) is 0 Å². The average Bonchev–Trinajstić information content (AvgIpc) is 2.54. The van der Waals surface area contributed by atoms with E-state index in [9.17, 15) is 13.2 Å². The van der Waals surface area contributed by atoms with Gasteiger partial charge in [-0.1, -0.05) is 42.5 Å². The third kappa shape index (κ3) is 5.50. The van der Waals surface area contributed by atoms with Crippen LogP contribution in [0.25, 0.3) is 0 Å². The zero-order valence-corrected chi connectivity index (χ0v) is 13.7. The fraction of sp³-hybridized carbons (Fsp3) is 0.235. The van der Waals surface area contributed by atoms with E-state index < -0.39 is 10.0 Å². The Kier molecular flexibility index (Phi) is 5.90. The van der Waals surface area contributed by atoms with Crippen molar-refractivity contribution in [2.45, 2.75) is 19.2 Å². The maximum absolute atomic E-state index is 12.0. The van der Waals surface area contributed by atoms with Crippen LogP contribution < -0.4 is 4.72 Å². The van der Waals surface area contributed by atoms with Crippen molar-refractivity contribution in [1.29, 1.82) is 0 Å². The van der Waals surface area contributed by atoms with Gasteiger partial charge in [0.15, 0.2) is 0 Å². The molecule has 2 aromatic rings. The Hall–Kier alpha value is -2.18. The number of esters is 1. The molecule has 5 nitrogen and oxygen atoms in total. The van der Waals surface area contributed by atoms with Crippen molar-refractivity contribution < 1.29 is 17.9 Å². The highest BCUT2D eigenvalue weighted by atomic mass is 32.2. The fourth-order valence-corrected chi connectivity index (χ4v) is 3.13. The third-order valence-corrected chi connectivity index (χ3v) is 4.46. The van der Waals surface area contributed by atoms with Crippen molar-refractivity contribution in [1.82, 2.24) is 4.72 Å². The predicted octanol–water partition coefficient (Wildman–Crippen LogP) is 2.48. The summed E-state index contributed by atoms with van der Waals surface area (Å²) in [5.74, 6) is -0.446. The van der Waals surface area contributed by atoms with E-state index in [2.05, 4.69) is 4.72 Å². The summed E-state index contributed by atoms with van der Waals surface area (Å²) >= 11 is 0. The number of carbonyl (C=O) groups is 1. The number of benzene rings is 2. The van der Waals surface area contributed by atoms with Crippen molar-refractivity contribution >= 4 is 16.0 Å². The molecule has 0 spiro atoms.